The number of rotatable bonds is 4. The first-order valence-corrected chi connectivity index (χ1v) is 6.54. The Hall–Kier alpha value is -2.10. The van der Waals surface area contributed by atoms with Gasteiger partial charge >= 0.3 is 0 Å². The van der Waals surface area contributed by atoms with Gasteiger partial charge in [-0.2, -0.15) is 0 Å². The van der Waals surface area contributed by atoms with E-state index in [2.05, 4.69) is 17.2 Å². The molecule has 0 aliphatic carbocycles. The molecule has 0 spiro atoms. The monoisotopic (exact) mass is 258 g/mol. The predicted molar refractivity (Wildman–Crippen MR) is 76.4 cm³/mol. The number of nitrogens with one attached hydrogen (secondary N) is 2. The summed E-state index contributed by atoms with van der Waals surface area (Å²) >= 11 is 0. The summed E-state index contributed by atoms with van der Waals surface area (Å²) in [6, 6.07) is 9.05. The molecule has 100 valence electrons. The molecule has 0 fully saturated rings. The number of aromatic amines is 1. The molecule has 0 radical (unpaired) electrons. The molecule has 2 rings (SSSR count). The third kappa shape index (κ3) is 3.02. The van der Waals surface area contributed by atoms with E-state index in [0.29, 0.717) is 11.1 Å². The quantitative estimate of drug-likeness (QED) is 0.884. The second-order valence-electron chi connectivity index (χ2n) is 4.76. The average molecular weight is 258 g/mol. The van der Waals surface area contributed by atoms with Crippen LogP contribution in [0, 0.1) is 0 Å². The lowest BCUT2D eigenvalue weighted by Crippen LogP contribution is -2.33. The number of pyridine rings is 1. The maximum Gasteiger partial charge on any atom is 0.268 e. The van der Waals surface area contributed by atoms with Crippen LogP contribution in [0.3, 0.4) is 0 Å². The number of hydrogen-bond donors (Lipinski definition) is 2. The lowest BCUT2D eigenvalue weighted by Gasteiger charge is -2.12. The molecule has 4 nitrogen and oxygen atoms in total. The lowest BCUT2D eigenvalue weighted by atomic mass is 10.1. The minimum atomic E-state index is -0.233. The van der Waals surface area contributed by atoms with Gasteiger partial charge < -0.3 is 10.3 Å². The van der Waals surface area contributed by atoms with Gasteiger partial charge in [0.1, 0.15) is 5.69 Å². The Bertz CT molecular complexity index is 646. The minimum Gasteiger partial charge on any atom is -0.348 e. The highest BCUT2D eigenvalue weighted by molar-refractivity contribution is 5.96. The highest BCUT2D eigenvalue weighted by Crippen LogP contribution is 2.10. The standard InChI is InChI=1S/C15H18N2O2/c1-3-6-10(2)16-15(19)13-9-11-7-4-5-8-12(11)14(18)17-13/h4-5,7-10H,3,6H2,1-2H3,(H,16,19)(H,17,18). The van der Waals surface area contributed by atoms with Crippen molar-refractivity contribution in [2.24, 2.45) is 0 Å². The van der Waals surface area contributed by atoms with Crippen molar-refractivity contribution in [2.45, 2.75) is 32.7 Å². The third-order valence-corrected chi connectivity index (χ3v) is 3.10. The number of carbonyl (C=O) groups is 1. The first-order chi connectivity index (χ1) is 9.11. The van der Waals surface area contributed by atoms with Gasteiger partial charge in [-0.05, 0) is 30.9 Å². The van der Waals surface area contributed by atoms with Crippen molar-refractivity contribution in [1.29, 1.82) is 0 Å². The number of aromatic nitrogens is 1. The molecule has 4 heteroatoms. The summed E-state index contributed by atoms with van der Waals surface area (Å²) in [6.07, 6.45) is 1.93. The highest BCUT2D eigenvalue weighted by Gasteiger charge is 2.11. The topological polar surface area (TPSA) is 62.0 Å². The maximum absolute atomic E-state index is 12.0. The Balaban J connectivity index is 2.30. The first kappa shape index (κ1) is 13.3. The highest BCUT2D eigenvalue weighted by atomic mass is 16.2. The molecule has 0 aliphatic rings. The van der Waals surface area contributed by atoms with Crippen LogP contribution in [0.4, 0.5) is 0 Å². The molecule has 0 saturated carbocycles. The number of hydrogen-bond acceptors (Lipinski definition) is 2. The zero-order valence-electron chi connectivity index (χ0n) is 11.2. The molecule has 0 bridgehead atoms. The van der Waals surface area contributed by atoms with E-state index in [1.165, 1.54) is 0 Å². The Kier molecular flexibility index (Phi) is 4.00. The zero-order chi connectivity index (χ0) is 13.8. The van der Waals surface area contributed by atoms with Crippen LogP contribution in [-0.2, 0) is 0 Å². The Morgan fingerprint density at radius 1 is 1.37 bits per heavy atom. The van der Waals surface area contributed by atoms with E-state index >= 15 is 0 Å². The number of carbonyl (C=O) groups excluding carboxylic acids is 1. The summed E-state index contributed by atoms with van der Waals surface area (Å²) in [6.45, 7) is 4.03. The largest absolute Gasteiger partial charge is 0.348 e. The van der Waals surface area contributed by atoms with Gasteiger partial charge in [0.05, 0.1) is 0 Å². The van der Waals surface area contributed by atoms with E-state index in [0.717, 1.165) is 18.2 Å². The normalized spacial score (nSPS) is 12.3. The van der Waals surface area contributed by atoms with Gasteiger partial charge in [-0.1, -0.05) is 31.5 Å². The van der Waals surface area contributed by atoms with Crippen molar-refractivity contribution < 1.29 is 4.79 Å². The molecule has 19 heavy (non-hydrogen) atoms. The fourth-order valence-corrected chi connectivity index (χ4v) is 2.14. The van der Waals surface area contributed by atoms with Crippen molar-refractivity contribution in [1.82, 2.24) is 10.3 Å². The Morgan fingerprint density at radius 2 is 2.11 bits per heavy atom. The molecular weight excluding hydrogens is 240 g/mol. The molecular formula is C15H18N2O2. The first-order valence-electron chi connectivity index (χ1n) is 6.54. The molecule has 2 N–H and O–H groups in total. The minimum absolute atomic E-state index is 0.104. The summed E-state index contributed by atoms with van der Waals surface area (Å²) in [5, 5.41) is 4.26. The molecule has 2 aromatic rings. The van der Waals surface area contributed by atoms with Gasteiger partial charge in [0.25, 0.3) is 11.5 Å². The molecule has 0 saturated heterocycles. The SMILES string of the molecule is CCCC(C)NC(=O)c1cc2ccccc2c(=O)[nH]1. The number of benzene rings is 1. The van der Waals surface area contributed by atoms with Crippen molar-refractivity contribution in [3.05, 3.63) is 46.4 Å². The summed E-state index contributed by atoms with van der Waals surface area (Å²) in [4.78, 5) is 26.6. The molecule has 1 heterocycles. The number of H-pyrrole nitrogens is 1. The molecule has 0 aliphatic heterocycles. The lowest BCUT2D eigenvalue weighted by molar-refractivity contribution is 0.0933. The van der Waals surface area contributed by atoms with Crippen LogP contribution in [-0.4, -0.2) is 16.9 Å². The van der Waals surface area contributed by atoms with Crippen molar-refractivity contribution in [3.8, 4) is 0 Å². The zero-order valence-corrected chi connectivity index (χ0v) is 11.2. The van der Waals surface area contributed by atoms with Crippen LogP contribution in [0.1, 0.15) is 37.2 Å². The van der Waals surface area contributed by atoms with Crippen LogP contribution in [0.2, 0.25) is 0 Å². The van der Waals surface area contributed by atoms with Gasteiger partial charge in [0.15, 0.2) is 0 Å². The Labute approximate surface area is 111 Å². The smallest absolute Gasteiger partial charge is 0.268 e. The second kappa shape index (κ2) is 5.69. The van der Waals surface area contributed by atoms with Gasteiger partial charge in [-0.3, -0.25) is 9.59 Å². The summed E-state index contributed by atoms with van der Waals surface area (Å²) < 4.78 is 0. The van der Waals surface area contributed by atoms with E-state index in [-0.39, 0.29) is 17.5 Å². The molecule has 1 unspecified atom stereocenters. The molecule has 1 amide bonds. The fraction of sp³-hybridized carbons (Fsp3) is 0.333. The molecule has 1 atom stereocenters. The van der Waals surface area contributed by atoms with Crippen LogP contribution >= 0.6 is 0 Å². The maximum atomic E-state index is 12.0. The molecule has 1 aromatic carbocycles. The predicted octanol–water partition coefficient (Wildman–Crippen LogP) is 2.45. The van der Waals surface area contributed by atoms with E-state index in [9.17, 15) is 9.59 Å². The fourth-order valence-electron chi connectivity index (χ4n) is 2.14. The van der Waals surface area contributed by atoms with Gasteiger partial charge in [0, 0.05) is 11.4 Å². The van der Waals surface area contributed by atoms with Crippen molar-refractivity contribution >= 4 is 16.7 Å². The second-order valence-corrected chi connectivity index (χ2v) is 4.76. The third-order valence-electron chi connectivity index (χ3n) is 3.10. The summed E-state index contributed by atoms with van der Waals surface area (Å²) in [5.74, 6) is -0.233. The average Bonchev–Trinajstić information content (AvgIpc) is 2.39. The van der Waals surface area contributed by atoms with Crippen molar-refractivity contribution in [2.75, 3.05) is 0 Å². The van der Waals surface area contributed by atoms with Gasteiger partial charge in [-0.25, -0.2) is 0 Å². The molecule has 1 aromatic heterocycles. The van der Waals surface area contributed by atoms with Crippen LogP contribution in [0.15, 0.2) is 35.1 Å². The number of amides is 1. The summed E-state index contributed by atoms with van der Waals surface area (Å²) in [7, 11) is 0. The van der Waals surface area contributed by atoms with E-state index in [1.807, 2.05) is 19.1 Å². The van der Waals surface area contributed by atoms with E-state index in [4.69, 9.17) is 0 Å². The van der Waals surface area contributed by atoms with Crippen LogP contribution < -0.4 is 10.9 Å². The van der Waals surface area contributed by atoms with Crippen LogP contribution in [0.5, 0.6) is 0 Å². The van der Waals surface area contributed by atoms with Crippen LogP contribution in [0.25, 0.3) is 10.8 Å². The van der Waals surface area contributed by atoms with Crippen molar-refractivity contribution in [3.63, 3.8) is 0 Å². The van der Waals surface area contributed by atoms with E-state index < -0.39 is 0 Å². The Morgan fingerprint density at radius 3 is 2.84 bits per heavy atom. The van der Waals surface area contributed by atoms with Gasteiger partial charge in [0.2, 0.25) is 0 Å². The number of fused-ring (bicyclic) bond motifs is 1. The van der Waals surface area contributed by atoms with E-state index in [1.54, 1.807) is 18.2 Å². The summed E-state index contributed by atoms with van der Waals surface area (Å²) in [5.41, 5.74) is 0.0815. The van der Waals surface area contributed by atoms with Gasteiger partial charge in [-0.15, -0.1) is 0 Å².